The number of phenols is 1. The first-order valence-electron chi connectivity index (χ1n) is 6.56. The zero-order valence-corrected chi connectivity index (χ0v) is 12.2. The highest BCUT2D eigenvalue weighted by atomic mass is 16.3. The van der Waals surface area contributed by atoms with E-state index in [-0.39, 0.29) is 23.1 Å². The van der Waals surface area contributed by atoms with E-state index in [4.69, 9.17) is 5.73 Å². The van der Waals surface area contributed by atoms with E-state index in [0.29, 0.717) is 18.5 Å². The summed E-state index contributed by atoms with van der Waals surface area (Å²) in [7, 11) is 0. The molecule has 0 bridgehead atoms. The fourth-order valence-electron chi connectivity index (χ4n) is 1.96. The predicted octanol–water partition coefficient (Wildman–Crippen LogP) is 2.19. The largest absolute Gasteiger partial charge is 0.507 e. The first-order valence-corrected chi connectivity index (χ1v) is 6.56. The molecule has 1 aromatic rings. The molecule has 1 unspecified atom stereocenters. The minimum Gasteiger partial charge on any atom is -0.507 e. The monoisotopic (exact) mass is 264 g/mol. The highest BCUT2D eigenvalue weighted by Gasteiger charge is 2.26. The molecular formula is C15H24N2O2. The highest BCUT2D eigenvalue weighted by Crippen LogP contribution is 2.23. The molecule has 0 fully saturated rings. The van der Waals surface area contributed by atoms with Crippen LogP contribution in [0.25, 0.3) is 0 Å². The first kappa shape index (κ1) is 15.5. The molecule has 1 atom stereocenters. The van der Waals surface area contributed by atoms with E-state index >= 15 is 0 Å². The van der Waals surface area contributed by atoms with Gasteiger partial charge in [0.05, 0.1) is 5.56 Å². The average Bonchev–Trinajstić information content (AvgIpc) is 2.26. The van der Waals surface area contributed by atoms with Gasteiger partial charge in [-0.2, -0.15) is 0 Å². The summed E-state index contributed by atoms with van der Waals surface area (Å²) < 4.78 is 0. The molecule has 1 aromatic carbocycles. The second-order valence-corrected chi connectivity index (χ2v) is 5.99. The van der Waals surface area contributed by atoms with Crippen LogP contribution in [-0.2, 0) is 0 Å². The van der Waals surface area contributed by atoms with Gasteiger partial charge >= 0.3 is 0 Å². The average molecular weight is 264 g/mol. The van der Waals surface area contributed by atoms with Crippen LogP contribution >= 0.6 is 0 Å². The van der Waals surface area contributed by atoms with E-state index in [2.05, 4.69) is 26.1 Å². The molecule has 0 aliphatic carbocycles. The summed E-state index contributed by atoms with van der Waals surface area (Å²) >= 11 is 0. The van der Waals surface area contributed by atoms with Crippen molar-refractivity contribution in [3.8, 4) is 5.75 Å². The minimum absolute atomic E-state index is 0.0120. The lowest BCUT2D eigenvalue weighted by Gasteiger charge is -2.31. The molecule has 4 heteroatoms. The Hall–Kier alpha value is -1.55. The standard InChI is InChI=1S/C15H24N2O2/c1-10-5-6-11(12(18)9-10)14(19)17-13(7-8-16)15(2,3)4/h5-6,9,13,18H,7-8,16H2,1-4H3,(H,17,19). The number of carbonyl (C=O) groups is 1. The zero-order valence-electron chi connectivity index (χ0n) is 12.2. The predicted molar refractivity (Wildman–Crippen MR) is 77.2 cm³/mol. The Balaban J connectivity index is 2.88. The number of aryl methyl sites for hydroxylation is 1. The van der Waals surface area contributed by atoms with Gasteiger partial charge in [0.25, 0.3) is 5.91 Å². The van der Waals surface area contributed by atoms with Crippen LogP contribution in [0.1, 0.15) is 43.1 Å². The molecule has 106 valence electrons. The van der Waals surface area contributed by atoms with Gasteiger partial charge in [0.2, 0.25) is 0 Å². The summed E-state index contributed by atoms with van der Waals surface area (Å²) in [5.74, 6) is -0.246. The molecule has 0 radical (unpaired) electrons. The number of hydrogen-bond acceptors (Lipinski definition) is 3. The summed E-state index contributed by atoms with van der Waals surface area (Å²) in [6.45, 7) is 8.56. The summed E-state index contributed by atoms with van der Waals surface area (Å²) in [6, 6.07) is 5.01. The van der Waals surface area contributed by atoms with Crippen molar-refractivity contribution in [2.75, 3.05) is 6.54 Å². The van der Waals surface area contributed by atoms with E-state index in [1.165, 1.54) is 0 Å². The van der Waals surface area contributed by atoms with E-state index < -0.39 is 0 Å². The lowest BCUT2D eigenvalue weighted by Crippen LogP contribution is -2.44. The molecule has 1 amide bonds. The molecule has 4 nitrogen and oxygen atoms in total. The summed E-state index contributed by atoms with van der Waals surface area (Å²) in [5.41, 5.74) is 6.74. The normalized spacial score (nSPS) is 13.1. The van der Waals surface area contributed by atoms with Crippen LogP contribution in [-0.4, -0.2) is 23.6 Å². The second kappa shape index (κ2) is 6.06. The number of carbonyl (C=O) groups excluding carboxylic acids is 1. The quantitative estimate of drug-likeness (QED) is 0.780. The number of hydrogen-bond donors (Lipinski definition) is 3. The number of benzene rings is 1. The molecule has 0 saturated heterocycles. The van der Waals surface area contributed by atoms with Crippen molar-refractivity contribution in [1.82, 2.24) is 5.32 Å². The van der Waals surface area contributed by atoms with Crippen LogP contribution in [0.15, 0.2) is 18.2 Å². The summed E-state index contributed by atoms with van der Waals surface area (Å²) in [6.07, 6.45) is 0.710. The Kier molecular flexibility index (Phi) is 4.95. The number of nitrogens with one attached hydrogen (secondary N) is 1. The van der Waals surface area contributed by atoms with E-state index in [0.717, 1.165) is 5.56 Å². The zero-order chi connectivity index (χ0) is 14.6. The maximum absolute atomic E-state index is 12.2. The van der Waals surface area contributed by atoms with Gasteiger partial charge in [-0.3, -0.25) is 4.79 Å². The lowest BCUT2D eigenvalue weighted by atomic mass is 9.84. The van der Waals surface area contributed by atoms with Gasteiger partial charge in [0.15, 0.2) is 0 Å². The van der Waals surface area contributed by atoms with Crippen LogP contribution in [0.5, 0.6) is 5.75 Å². The van der Waals surface area contributed by atoms with E-state index in [1.54, 1.807) is 12.1 Å². The highest BCUT2D eigenvalue weighted by molar-refractivity contribution is 5.97. The van der Waals surface area contributed by atoms with Crippen LogP contribution in [0, 0.1) is 12.3 Å². The van der Waals surface area contributed by atoms with Gasteiger partial charge in [-0.25, -0.2) is 0 Å². The topological polar surface area (TPSA) is 75.4 Å². The molecule has 0 aliphatic rings. The molecule has 0 heterocycles. The maximum Gasteiger partial charge on any atom is 0.255 e. The van der Waals surface area contributed by atoms with Crippen LogP contribution in [0.4, 0.5) is 0 Å². The Labute approximate surface area is 115 Å². The van der Waals surface area contributed by atoms with Crippen molar-refractivity contribution < 1.29 is 9.90 Å². The molecule has 1 rings (SSSR count). The van der Waals surface area contributed by atoms with E-state index in [1.807, 2.05) is 13.0 Å². The number of rotatable bonds is 4. The Bertz CT molecular complexity index is 450. The van der Waals surface area contributed by atoms with Crippen molar-refractivity contribution >= 4 is 5.91 Å². The Morgan fingerprint density at radius 3 is 2.53 bits per heavy atom. The van der Waals surface area contributed by atoms with Gasteiger partial charge in [-0.1, -0.05) is 26.8 Å². The molecule has 19 heavy (non-hydrogen) atoms. The van der Waals surface area contributed by atoms with Gasteiger partial charge in [-0.15, -0.1) is 0 Å². The van der Waals surface area contributed by atoms with Crippen LogP contribution in [0.2, 0.25) is 0 Å². The second-order valence-electron chi connectivity index (χ2n) is 5.99. The molecule has 0 spiro atoms. The summed E-state index contributed by atoms with van der Waals surface area (Å²) in [5, 5.41) is 12.8. The van der Waals surface area contributed by atoms with Crippen LogP contribution < -0.4 is 11.1 Å². The van der Waals surface area contributed by atoms with Gasteiger partial charge < -0.3 is 16.2 Å². The first-order chi connectivity index (χ1) is 8.75. The lowest BCUT2D eigenvalue weighted by molar-refractivity contribution is 0.0896. The molecule has 0 saturated carbocycles. The van der Waals surface area contributed by atoms with Crippen molar-refractivity contribution in [3.63, 3.8) is 0 Å². The number of phenolic OH excluding ortho intramolecular Hbond substituents is 1. The van der Waals surface area contributed by atoms with Crippen molar-refractivity contribution in [3.05, 3.63) is 29.3 Å². The van der Waals surface area contributed by atoms with Crippen molar-refractivity contribution in [1.29, 1.82) is 0 Å². The maximum atomic E-state index is 12.2. The SMILES string of the molecule is Cc1ccc(C(=O)NC(CCN)C(C)(C)C)c(O)c1. The smallest absolute Gasteiger partial charge is 0.255 e. The van der Waals surface area contributed by atoms with Gasteiger partial charge in [-0.05, 0) is 43.0 Å². The Morgan fingerprint density at radius 1 is 1.42 bits per heavy atom. The summed E-state index contributed by atoms with van der Waals surface area (Å²) in [4.78, 5) is 12.2. The molecular weight excluding hydrogens is 240 g/mol. The molecule has 4 N–H and O–H groups in total. The third-order valence-corrected chi connectivity index (χ3v) is 3.20. The number of nitrogens with two attached hydrogens (primary N) is 1. The molecule has 0 aliphatic heterocycles. The van der Waals surface area contributed by atoms with Crippen molar-refractivity contribution in [2.45, 2.75) is 40.2 Å². The Morgan fingerprint density at radius 2 is 2.05 bits per heavy atom. The third kappa shape index (κ3) is 4.24. The van der Waals surface area contributed by atoms with Crippen molar-refractivity contribution in [2.24, 2.45) is 11.1 Å². The van der Waals surface area contributed by atoms with Gasteiger partial charge in [0, 0.05) is 6.04 Å². The third-order valence-electron chi connectivity index (χ3n) is 3.20. The number of aromatic hydroxyl groups is 1. The fourth-order valence-corrected chi connectivity index (χ4v) is 1.96. The molecule has 0 aromatic heterocycles. The minimum atomic E-state index is -0.258. The number of amides is 1. The van der Waals surface area contributed by atoms with Crippen LogP contribution in [0.3, 0.4) is 0 Å². The fraction of sp³-hybridized carbons (Fsp3) is 0.533. The van der Waals surface area contributed by atoms with E-state index in [9.17, 15) is 9.90 Å². The van der Waals surface area contributed by atoms with Gasteiger partial charge in [0.1, 0.15) is 5.75 Å².